The first-order chi connectivity index (χ1) is 11.3. The first-order valence-electron chi connectivity index (χ1n) is 7.58. The van der Waals surface area contributed by atoms with Gasteiger partial charge in [-0.15, -0.1) is 12.4 Å². The zero-order chi connectivity index (χ0) is 17.9. The second-order valence-corrected chi connectivity index (χ2v) is 5.86. The summed E-state index contributed by atoms with van der Waals surface area (Å²) in [6.45, 7) is 0.325. The van der Waals surface area contributed by atoms with Gasteiger partial charge in [-0.25, -0.2) is 8.78 Å². The van der Waals surface area contributed by atoms with Crippen molar-refractivity contribution < 1.29 is 23.1 Å². The minimum absolute atomic E-state index is 0. The Hall–Kier alpha value is -1.93. The Morgan fingerprint density at radius 3 is 2.76 bits per heavy atom. The van der Waals surface area contributed by atoms with E-state index >= 15 is 0 Å². The average Bonchev–Trinajstić information content (AvgIpc) is 2.94. The fourth-order valence-electron chi connectivity index (χ4n) is 2.56. The molecule has 6 nitrogen and oxygen atoms in total. The molecule has 0 aliphatic carbocycles. The maximum atomic E-state index is 13.1. The summed E-state index contributed by atoms with van der Waals surface area (Å²) in [5.74, 6) is -4.14. The van der Waals surface area contributed by atoms with E-state index in [0.717, 1.165) is 5.56 Å². The van der Waals surface area contributed by atoms with Gasteiger partial charge in [-0.1, -0.05) is 6.07 Å². The van der Waals surface area contributed by atoms with Crippen molar-refractivity contribution in [1.82, 2.24) is 5.32 Å². The van der Waals surface area contributed by atoms with Crippen LogP contribution in [0.4, 0.5) is 14.5 Å². The van der Waals surface area contributed by atoms with E-state index in [1.54, 1.807) is 12.1 Å². The van der Waals surface area contributed by atoms with E-state index in [1.807, 2.05) is 13.0 Å². The quantitative estimate of drug-likeness (QED) is 0.786. The van der Waals surface area contributed by atoms with Gasteiger partial charge in [0.05, 0.1) is 31.8 Å². The minimum atomic E-state index is -3.16. The van der Waals surface area contributed by atoms with Crippen LogP contribution in [0.15, 0.2) is 18.2 Å². The van der Waals surface area contributed by atoms with E-state index in [2.05, 4.69) is 5.32 Å². The summed E-state index contributed by atoms with van der Waals surface area (Å²) in [6.07, 6.45) is -0.0306. The smallest absolute Gasteiger partial charge is 0.277 e. The lowest BCUT2D eigenvalue weighted by Gasteiger charge is -2.20. The maximum Gasteiger partial charge on any atom is 0.277 e. The minimum Gasteiger partial charge on any atom is -0.495 e. The topological polar surface area (TPSA) is 84.7 Å². The molecule has 1 atom stereocenters. The number of alkyl halides is 2. The second-order valence-electron chi connectivity index (χ2n) is 5.86. The molecule has 1 unspecified atom stereocenters. The number of rotatable bonds is 6. The third-order valence-electron chi connectivity index (χ3n) is 3.94. The Balaban J connectivity index is 0.00000312. The number of halogens is 3. The van der Waals surface area contributed by atoms with E-state index in [4.69, 9.17) is 10.5 Å². The summed E-state index contributed by atoms with van der Waals surface area (Å²) in [5, 5.41) is 2.17. The molecule has 3 N–H and O–H groups in total. The third-order valence-corrected chi connectivity index (χ3v) is 3.94. The SMILES string of the molecule is COc1ccc(C)cc1N1CC(C(=O)NCC(F)(F)CN)CC1=O.Cl. The van der Waals surface area contributed by atoms with Crippen LogP contribution in [0, 0.1) is 12.8 Å². The third kappa shape index (κ3) is 5.02. The summed E-state index contributed by atoms with van der Waals surface area (Å²) in [6, 6.07) is 5.38. The summed E-state index contributed by atoms with van der Waals surface area (Å²) < 4.78 is 31.5. The van der Waals surface area contributed by atoms with Crippen LogP contribution in [0.5, 0.6) is 5.75 Å². The first-order valence-corrected chi connectivity index (χ1v) is 7.58. The molecule has 9 heteroatoms. The number of amides is 2. The Morgan fingerprint density at radius 2 is 2.16 bits per heavy atom. The van der Waals surface area contributed by atoms with Crippen LogP contribution in [-0.2, 0) is 9.59 Å². The van der Waals surface area contributed by atoms with E-state index in [9.17, 15) is 18.4 Å². The lowest BCUT2D eigenvalue weighted by atomic mass is 10.1. The lowest BCUT2D eigenvalue weighted by Crippen LogP contribution is -2.44. The predicted molar refractivity (Wildman–Crippen MR) is 92.5 cm³/mol. The average molecular weight is 378 g/mol. The van der Waals surface area contributed by atoms with Crippen molar-refractivity contribution in [2.75, 3.05) is 31.6 Å². The number of hydrogen-bond donors (Lipinski definition) is 2. The van der Waals surface area contributed by atoms with Gasteiger partial charge in [0.2, 0.25) is 11.8 Å². The van der Waals surface area contributed by atoms with Crippen molar-refractivity contribution in [3.63, 3.8) is 0 Å². The zero-order valence-corrected chi connectivity index (χ0v) is 14.9. The van der Waals surface area contributed by atoms with Gasteiger partial charge in [0.25, 0.3) is 5.92 Å². The molecule has 25 heavy (non-hydrogen) atoms. The van der Waals surface area contributed by atoms with Gasteiger partial charge in [0, 0.05) is 13.0 Å². The normalized spacial score (nSPS) is 17.2. The van der Waals surface area contributed by atoms with Crippen LogP contribution in [0.3, 0.4) is 0 Å². The number of benzene rings is 1. The molecule has 1 aliphatic heterocycles. The number of methoxy groups -OCH3 is 1. The molecule has 1 aliphatic rings. The second kappa shape index (κ2) is 8.44. The molecule has 0 aromatic heterocycles. The number of nitrogens with one attached hydrogen (secondary N) is 1. The monoisotopic (exact) mass is 377 g/mol. The number of anilines is 1. The van der Waals surface area contributed by atoms with Crippen molar-refractivity contribution in [3.8, 4) is 5.75 Å². The molecule has 1 heterocycles. The van der Waals surface area contributed by atoms with Gasteiger partial charge in [-0.05, 0) is 24.6 Å². The van der Waals surface area contributed by atoms with Gasteiger partial charge in [0.15, 0.2) is 0 Å². The van der Waals surface area contributed by atoms with E-state index < -0.39 is 30.8 Å². The van der Waals surface area contributed by atoms with Crippen molar-refractivity contribution in [3.05, 3.63) is 23.8 Å². The number of nitrogens with two attached hydrogens (primary N) is 1. The number of carbonyl (C=O) groups is 2. The van der Waals surface area contributed by atoms with Gasteiger partial charge in [-0.3, -0.25) is 9.59 Å². The van der Waals surface area contributed by atoms with Crippen LogP contribution in [0.1, 0.15) is 12.0 Å². The summed E-state index contributed by atoms with van der Waals surface area (Å²) in [7, 11) is 1.49. The van der Waals surface area contributed by atoms with Gasteiger partial charge >= 0.3 is 0 Å². The van der Waals surface area contributed by atoms with Gasteiger partial charge in [-0.2, -0.15) is 0 Å². The summed E-state index contributed by atoms with van der Waals surface area (Å²) >= 11 is 0. The number of carbonyl (C=O) groups excluding carboxylic acids is 2. The summed E-state index contributed by atoms with van der Waals surface area (Å²) in [5.41, 5.74) is 6.45. The molecule has 140 valence electrons. The van der Waals surface area contributed by atoms with Gasteiger partial charge in [0.1, 0.15) is 5.75 Å². The Labute approximate surface area is 151 Å². The van der Waals surface area contributed by atoms with Gasteiger partial charge < -0.3 is 20.7 Å². The molecule has 2 rings (SSSR count). The molecule has 2 amide bonds. The molecule has 1 saturated heterocycles. The molecule has 1 fully saturated rings. The Kier molecular flexibility index (Phi) is 7.13. The molecule has 0 radical (unpaired) electrons. The molecule has 1 aromatic rings. The molecule has 0 spiro atoms. The Bertz CT molecular complexity index is 643. The molecular weight excluding hydrogens is 356 g/mol. The number of hydrogen-bond acceptors (Lipinski definition) is 4. The molecule has 1 aromatic carbocycles. The van der Waals surface area contributed by atoms with Crippen molar-refractivity contribution in [1.29, 1.82) is 0 Å². The van der Waals surface area contributed by atoms with Crippen molar-refractivity contribution in [2.45, 2.75) is 19.3 Å². The largest absolute Gasteiger partial charge is 0.495 e. The van der Waals surface area contributed by atoms with Crippen LogP contribution in [0.2, 0.25) is 0 Å². The highest BCUT2D eigenvalue weighted by Gasteiger charge is 2.37. The number of ether oxygens (including phenoxy) is 1. The highest BCUT2D eigenvalue weighted by molar-refractivity contribution is 6.01. The Morgan fingerprint density at radius 1 is 1.48 bits per heavy atom. The number of aryl methyl sites for hydroxylation is 1. The van der Waals surface area contributed by atoms with Crippen molar-refractivity contribution >= 4 is 29.9 Å². The van der Waals surface area contributed by atoms with E-state index in [0.29, 0.717) is 11.4 Å². The van der Waals surface area contributed by atoms with E-state index in [1.165, 1.54) is 12.0 Å². The number of nitrogens with zero attached hydrogens (tertiary/aromatic N) is 1. The fourth-order valence-corrected chi connectivity index (χ4v) is 2.56. The molecular formula is C16H22ClF2N3O3. The zero-order valence-electron chi connectivity index (χ0n) is 14.1. The van der Waals surface area contributed by atoms with Crippen LogP contribution in [-0.4, -0.2) is 44.5 Å². The maximum absolute atomic E-state index is 13.1. The standard InChI is InChI=1S/C16H21F2N3O3.ClH/c1-10-3-4-13(24-2)12(5-10)21-7-11(6-14(21)22)15(23)20-9-16(17,18)8-19;/h3-5,11H,6-9,19H2,1-2H3,(H,20,23);1H. The molecule has 0 bridgehead atoms. The van der Waals surface area contributed by atoms with Crippen LogP contribution >= 0.6 is 12.4 Å². The summed E-state index contributed by atoms with van der Waals surface area (Å²) in [4.78, 5) is 25.8. The molecule has 0 saturated carbocycles. The first kappa shape index (κ1) is 21.1. The van der Waals surface area contributed by atoms with E-state index in [-0.39, 0.29) is 31.3 Å². The predicted octanol–water partition coefficient (Wildman–Crippen LogP) is 1.49. The lowest BCUT2D eigenvalue weighted by molar-refractivity contribution is -0.127. The highest BCUT2D eigenvalue weighted by atomic mass is 35.5. The van der Waals surface area contributed by atoms with Crippen LogP contribution < -0.4 is 20.7 Å². The van der Waals surface area contributed by atoms with Crippen molar-refractivity contribution in [2.24, 2.45) is 11.7 Å². The highest BCUT2D eigenvalue weighted by Crippen LogP contribution is 2.33. The van der Waals surface area contributed by atoms with Crippen LogP contribution in [0.25, 0.3) is 0 Å². The fraction of sp³-hybridized carbons (Fsp3) is 0.500.